The summed E-state index contributed by atoms with van der Waals surface area (Å²) < 4.78 is 5.12. The second kappa shape index (κ2) is 13.3. The predicted molar refractivity (Wildman–Crippen MR) is 125 cm³/mol. The van der Waals surface area contributed by atoms with Crippen molar-refractivity contribution in [3.8, 4) is 5.75 Å². The van der Waals surface area contributed by atoms with E-state index in [0.29, 0.717) is 19.0 Å². The highest BCUT2D eigenvalue weighted by Gasteiger charge is 2.05. The van der Waals surface area contributed by atoms with Gasteiger partial charge in [0, 0.05) is 24.2 Å². The highest BCUT2D eigenvalue weighted by Crippen LogP contribution is 2.13. The van der Waals surface area contributed by atoms with Crippen LogP contribution in [0.4, 0.5) is 0 Å². The van der Waals surface area contributed by atoms with E-state index >= 15 is 0 Å². The van der Waals surface area contributed by atoms with Crippen LogP contribution in [-0.2, 0) is 24.3 Å². The van der Waals surface area contributed by atoms with Crippen LogP contribution in [0.5, 0.6) is 5.75 Å². The first kappa shape index (κ1) is 24.2. The number of nitrogens with zero attached hydrogens (tertiary/aromatic N) is 2. The van der Waals surface area contributed by atoms with Gasteiger partial charge in [-0.2, -0.15) is 0 Å². The fourth-order valence-corrected chi connectivity index (χ4v) is 3.05. The van der Waals surface area contributed by atoms with Gasteiger partial charge in [0.05, 0.1) is 13.7 Å². The summed E-state index contributed by atoms with van der Waals surface area (Å²) in [6.07, 6.45) is 2.89. The molecule has 0 bridgehead atoms. The Morgan fingerprint density at radius 2 is 1.89 bits per heavy atom. The molecule has 28 heavy (non-hydrogen) atoms. The Bertz CT molecular complexity index is 749. The number of aryl methyl sites for hydroxylation is 1. The number of guanidine groups is 1. The van der Waals surface area contributed by atoms with Crippen LogP contribution in [0.1, 0.15) is 29.3 Å². The van der Waals surface area contributed by atoms with Gasteiger partial charge in [0.2, 0.25) is 5.91 Å². The first-order valence-corrected chi connectivity index (χ1v) is 9.81. The quantitative estimate of drug-likeness (QED) is 0.271. The summed E-state index contributed by atoms with van der Waals surface area (Å²) in [5.74, 6) is 1.26. The van der Waals surface area contributed by atoms with Crippen LogP contribution in [0.25, 0.3) is 0 Å². The van der Waals surface area contributed by atoms with Crippen molar-refractivity contribution < 1.29 is 9.53 Å². The number of aliphatic imine (C=N–C) groups is 1. The third-order valence-corrected chi connectivity index (χ3v) is 4.87. The first-order valence-electron chi connectivity index (χ1n) is 9.00. The van der Waals surface area contributed by atoms with E-state index in [1.807, 2.05) is 37.4 Å². The Balaban J connectivity index is 0.00000392. The summed E-state index contributed by atoms with van der Waals surface area (Å²) in [5, 5.41) is 10.2. The Hall–Kier alpha value is -1.88. The molecule has 7 nitrogen and oxygen atoms in total. The van der Waals surface area contributed by atoms with Gasteiger partial charge in [-0.25, -0.2) is 9.98 Å². The van der Waals surface area contributed by atoms with Crippen molar-refractivity contribution in [2.45, 2.75) is 33.4 Å². The van der Waals surface area contributed by atoms with Crippen molar-refractivity contribution in [2.75, 3.05) is 20.2 Å². The summed E-state index contributed by atoms with van der Waals surface area (Å²) in [5.41, 5.74) is 1.01. The van der Waals surface area contributed by atoms with Gasteiger partial charge in [-0.1, -0.05) is 19.1 Å². The minimum absolute atomic E-state index is 0. The van der Waals surface area contributed by atoms with E-state index < -0.39 is 0 Å². The summed E-state index contributed by atoms with van der Waals surface area (Å²) in [4.78, 5) is 22.0. The lowest BCUT2D eigenvalue weighted by atomic mass is 10.2. The lowest BCUT2D eigenvalue weighted by Crippen LogP contribution is -2.38. The molecule has 0 radical (unpaired) electrons. The molecule has 1 amide bonds. The van der Waals surface area contributed by atoms with Gasteiger partial charge >= 0.3 is 0 Å². The molecule has 0 saturated heterocycles. The van der Waals surface area contributed by atoms with Gasteiger partial charge in [-0.15, -0.1) is 35.3 Å². The summed E-state index contributed by atoms with van der Waals surface area (Å²) in [6, 6.07) is 7.59. The zero-order valence-corrected chi connectivity index (χ0v) is 19.6. The number of aromatic nitrogens is 1. The fourth-order valence-electron chi connectivity index (χ4n) is 2.25. The largest absolute Gasteiger partial charge is 0.497 e. The number of methoxy groups -OCH3 is 1. The number of benzene rings is 1. The molecule has 3 N–H and O–H groups in total. The number of nitrogens with one attached hydrogen (secondary N) is 3. The second-order valence-corrected chi connectivity index (χ2v) is 6.95. The zero-order chi connectivity index (χ0) is 19.5. The highest BCUT2D eigenvalue weighted by molar-refractivity contribution is 14.0. The van der Waals surface area contributed by atoms with E-state index in [1.165, 1.54) is 4.88 Å². The van der Waals surface area contributed by atoms with Crippen LogP contribution in [0, 0.1) is 0 Å². The van der Waals surface area contributed by atoms with E-state index in [0.717, 1.165) is 29.3 Å². The maximum Gasteiger partial charge on any atom is 0.242 e. The van der Waals surface area contributed by atoms with Gasteiger partial charge in [0.15, 0.2) is 5.96 Å². The molecule has 0 aliphatic carbocycles. The molecule has 0 spiro atoms. The molecule has 0 unspecified atom stereocenters. The average Bonchev–Trinajstić information content (AvgIpc) is 3.17. The molecule has 154 valence electrons. The Morgan fingerprint density at radius 3 is 2.50 bits per heavy atom. The smallest absolute Gasteiger partial charge is 0.242 e. The molecular weight excluding hydrogens is 489 g/mol. The fraction of sp³-hybridized carbons (Fsp3) is 0.421. The van der Waals surface area contributed by atoms with Crippen molar-refractivity contribution in [2.24, 2.45) is 4.99 Å². The van der Waals surface area contributed by atoms with Gasteiger partial charge in [0.25, 0.3) is 0 Å². The van der Waals surface area contributed by atoms with E-state index in [2.05, 4.69) is 32.9 Å². The molecule has 0 fully saturated rings. The number of halogens is 1. The van der Waals surface area contributed by atoms with Crippen LogP contribution < -0.4 is 20.7 Å². The van der Waals surface area contributed by atoms with E-state index in [9.17, 15) is 4.79 Å². The SMILES string of the molecule is CCNC(=NCC(=O)NCc1ccc(OC)cc1)NCc1ncc(CC)s1.I. The first-order chi connectivity index (χ1) is 13.1. The molecular formula is C19H28IN5O2S. The van der Waals surface area contributed by atoms with Crippen molar-refractivity contribution in [1.82, 2.24) is 20.9 Å². The number of carbonyl (C=O) groups excluding carboxylic acids is 1. The minimum Gasteiger partial charge on any atom is -0.497 e. The molecule has 1 aromatic carbocycles. The number of carbonyl (C=O) groups is 1. The maximum atomic E-state index is 12.1. The lowest BCUT2D eigenvalue weighted by Gasteiger charge is -2.10. The standard InChI is InChI=1S/C19H27N5O2S.HI/c1-4-16-11-22-18(27-16)13-24-19(20-5-2)23-12-17(25)21-10-14-6-8-15(26-3)9-7-14;/h6-9,11H,4-5,10,12-13H2,1-3H3,(H,21,25)(H2,20,23,24);1H. The molecule has 2 aromatic rings. The maximum absolute atomic E-state index is 12.1. The normalized spacial score (nSPS) is 10.8. The van der Waals surface area contributed by atoms with Crippen LogP contribution in [0.15, 0.2) is 35.5 Å². The monoisotopic (exact) mass is 517 g/mol. The molecule has 0 atom stereocenters. The number of hydrogen-bond acceptors (Lipinski definition) is 5. The van der Waals surface area contributed by atoms with Crippen LogP contribution >= 0.6 is 35.3 Å². The van der Waals surface area contributed by atoms with E-state index in [-0.39, 0.29) is 36.4 Å². The number of thiazole rings is 1. The molecule has 9 heteroatoms. The van der Waals surface area contributed by atoms with Crippen molar-refractivity contribution in [3.05, 3.63) is 45.9 Å². The van der Waals surface area contributed by atoms with Crippen LogP contribution in [0.2, 0.25) is 0 Å². The average molecular weight is 517 g/mol. The van der Waals surface area contributed by atoms with E-state index in [1.54, 1.807) is 18.4 Å². The van der Waals surface area contributed by atoms with Gasteiger partial charge < -0.3 is 20.7 Å². The molecule has 0 saturated carbocycles. The van der Waals surface area contributed by atoms with Gasteiger partial charge in [-0.3, -0.25) is 4.79 Å². The number of hydrogen-bond donors (Lipinski definition) is 3. The minimum atomic E-state index is -0.134. The third kappa shape index (κ3) is 8.42. The highest BCUT2D eigenvalue weighted by atomic mass is 127. The molecule has 1 heterocycles. The van der Waals surface area contributed by atoms with Crippen molar-refractivity contribution >= 4 is 47.2 Å². The number of amides is 1. The van der Waals surface area contributed by atoms with Crippen molar-refractivity contribution in [1.29, 1.82) is 0 Å². The van der Waals surface area contributed by atoms with Gasteiger partial charge in [-0.05, 0) is 31.0 Å². The lowest BCUT2D eigenvalue weighted by molar-refractivity contribution is -0.119. The zero-order valence-electron chi connectivity index (χ0n) is 16.4. The van der Waals surface area contributed by atoms with Crippen molar-refractivity contribution in [3.63, 3.8) is 0 Å². The Morgan fingerprint density at radius 1 is 1.14 bits per heavy atom. The van der Waals surface area contributed by atoms with Crippen LogP contribution in [-0.4, -0.2) is 37.1 Å². The number of ether oxygens (including phenoxy) is 1. The topological polar surface area (TPSA) is 87.6 Å². The molecule has 2 rings (SSSR count). The molecule has 1 aromatic heterocycles. The summed E-state index contributed by atoms with van der Waals surface area (Å²) >= 11 is 1.68. The Labute approximate surface area is 187 Å². The second-order valence-electron chi connectivity index (χ2n) is 5.75. The van der Waals surface area contributed by atoms with E-state index in [4.69, 9.17) is 4.74 Å². The molecule has 0 aliphatic heterocycles. The predicted octanol–water partition coefficient (Wildman–Crippen LogP) is 2.70. The Kier molecular flexibility index (Phi) is 11.5. The number of rotatable bonds is 9. The third-order valence-electron chi connectivity index (χ3n) is 3.73. The van der Waals surface area contributed by atoms with Crippen LogP contribution in [0.3, 0.4) is 0 Å². The summed E-state index contributed by atoms with van der Waals surface area (Å²) in [6.45, 7) is 5.92. The summed E-state index contributed by atoms with van der Waals surface area (Å²) in [7, 11) is 1.63. The van der Waals surface area contributed by atoms with Gasteiger partial charge in [0.1, 0.15) is 17.3 Å². The molecule has 0 aliphatic rings.